The largest absolute Gasteiger partial charge is 0.507 e. The molecule has 1 saturated heterocycles. The molecule has 1 heterocycles. The number of amides is 1. The van der Waals surface area contributed by atoms with Crippen LogP contribution in [0.15, 0.2) is 48.0 Å². The van der Waals surface area contributed by atoms with Crippen molar-refractivity contribution in [2.45, 2.75) is 39.3 Å². The highest BCUT2D eigenvalue weighted by Gasteiger charge is 2.46. The number of aryl methyl sites for hydroxylation is 1. The molecule has 7 heteroatoms. The van der Waals surface area contributed by atoms with Crippen LogP contribution < -0.4 is 9.47 Å². The third-order valence-corrected chi connectivity index (χ3v) is 5.83. The molecule has 0 spiro atoms. The van der Waals surface area contributed by atoms with Crippen molar-refractivity contribution in [1.29, 1.82) is 0 Å². The molecule has 2 aromatic carbocycles. The molecule has 0 aromatic heterocycles. The predicted molar refractivity (Wildman–Crippen MR) is 132 cm³/mol. The Labute approximate surface area is 201 Å². The average molecular weight is 467 g/mol. The maximum atomic E-state index is 13.2. The molecule has 1 atom stereocenters. The summed E-state index contributed by atoms with van der Waals surface area (Å²) in [5, 5.41) is 11.2. The van der Waals surface area contributed by atoms with Gasteiger partial charge in [0.2, 0.25) is 0 Å². The molecule has 0 bridgehead atoms. The van der Waals surface area contributed by atoms with Gasteiger partial charge in [0.15, 0.2) is 11.5 Å². The van der Waals surface area contributed by atoms with Crippen LogP contribution in [0, 0.1) is 0 Å². The van der Waals surface area contributed by atoms with Gasteiger partial charge in [-0.2, -0.15) is 0 Å². The average Bonchev–Trinajstić information content (AvgIpc) is 3.07. The minimum Gasteiger partial charge on any atom is -0.507 e. The zero-order valence-corrected chi connectivity index (χ0v) is 20.8. The molecule has 0 aliphatic carbocycles. The Kier molecular flexibility index (Phi) is 7.99. The molecule has 182 valence electrons. The first-order valence-corrected chi connectivity index (χ1v) is 11.5. The Morgan fingerprint density at radius 3 is 2.32 bits per heavy atom. The van der Waals surface area contributed by atoms with Crippen molar-refractivity contribution >= 4 is 17.4 Å². The number of benzene rings is 2. The van der Waals surface area contributed by atoms with Crippen molar-refractivity contribution in [1.82, 2.24) is 9.80 Å². The fourth-order valence-corrected chi connectivity index (χ4v) is 4.02. The van der Waals surface area contributed by atoms with Crippen LogP contribution in [0.2, 0.25) is 0 Å². The van der Waals surface area contributed by atoms with E-state index in [0.717, 1.165) is 12.0 Å². The molecule has 34 heavy (non-hydrogen) atoms. The van der Waals surface area contributed by atoms with Crippen LogP contribution in [0.5, 0.6) is 11.5 Å². The van der Waals surface area contributed by atoms with Crippen LogP contribution in [-0.4, -0.2) is 67.0 Å². The van der Waals surface area contributed by atoms with Crippen molar-refractivity contribution in [3.8, 4) is 11.5 Å². The number of Topliss-reactive ketones (excluding diaryl/α,β-unsaturated/α-hetero) is 1. The van der Waals surface area contributed by atoms with Crippen LogP contribution in [0.4, 0.5) is 0 Å². The lowest BCUT2D eigenvalue weighted by atomic mass is 9.94. The molecule has 1 amide bonds. The first-order chi connectivity index (χ1) is 16.2. The van der Waals surface area contributed by atoms with E-state index in [0.29, 0.717) is 35.7 Å². The quantitative estimate of drug-likeness (QED) is 0.342. The van der Waals surface area contributed by atoms with Gasteiger partial charge in [-0.15, -0.1) is 0 Å². The number of ether oxygens (including phenoxy) is 2. The minimum absolute atomic E-state index is 0.0448. The Hall–Kier alpha value is -3.32. The fraction of sp³-hybridized carbons (Fsp3) is 0.407. The molecule has 7 nitrogen and oxygen atoms in total. The number of methoxy groups -OCH3 is 1. The highest BCUT2D eigenvalue weighted by atomic mass is 16.5. The summed E-state index contributed by atoms with van der Waals surface area (Å²) >= 11 is 0. The molecule has 2 aromatic rings. The van der Waals surface area contributed by atoms with Gasteiger partial charge in [0.05, 0.1) is 24.8 Å². The molecule has 1 aliphatic rings. The van der Waals surface area contributed by atoms with Crippen molar-refractivity contribution in [2.75, 3.05) is 34.3 Å². The zero-order chi connectivity index (χ0) is 25.0. The topological polar surface area (TPSA) is 79.3 Å². The summed E-state index contributed by atoms with van der Waals surface area (Å²) in [5.74, 6) is -0.430. The summed E-state index contributed by atoms with van der Waals surface area (Å²) in [6, 6.07) is 12.0. The Morgan fingerprint density at radius 2 is 1.76 bits per heavy atom. The first kappa shape index (κ1) is 25.3. The van der Waals surface area contributed by atoms with Gasteiger partial charge in [0, 0.05) is 18.7 Å². The van der Waals surface area contributed by atoms with Gasteiger partial charge >= 0.3 is 0 Å². The Bertz CT molecular complexity index is 1070. The van der Waals surface area contributed by atoms with Crippen LogP contribution in [0.25, 0.3) is 5.76 Å². The second kappa shape index (κ2) is 10.7. The number of rotatable bonds is 9. The highest BCUT2D eigenvalue weighted by Crippen LogP contribution is 2.42. The summed E-state index contributed by atoms with van der Waals surface area (Å²) in [4.78, 5) is 29.7. The molecule has 1 unspecified atom stereocenters. The van der Waals surface area contributed by atoms with Gasteiger partial charge < -0.3 is 24.4 Å². The number of hydrogen-bond donors (Lipinski definition) is 1. The summed E-state index contributed by atoms with van der Waals surface area (Å²) in [5.41, 5.74) is 2.36. The fourth-order valence-electron chi connectivity index (χ4n) is 4.02. The van der Waals surface area contributed by atoms with E-state index in [1.807, 2.05) is 58.0 Å². The van der Waals surface area contributed by atoms with Crippen molar-refractivity contribution < 1.29 is 24.2 Å². The maximum Gasteiger partial charge on any atom is 0.295 e. The number of likely N-dealkylation sites (tertiary alicyclic amines) is 1. The number of aliphatic hydroxyl groups is 1. The third kappa shape index (κ3) is 5.25. The summed E-state index contributed by atoms with van der Waals surface area (Å²) in [6.45, 7) is 6.80. The number of carbonyl (C=O) groups is 2. The van der Waals surface area contributed by atoms with Gasteiger partial charge in [-0.1, -0.05) is 37.3 Å². The third-order valence-electron chi connectivity index (χ3n) is 5.83. The van der Waals surface area contributed by atoms with E-state index in [1.165, 1.54) is 4.90 Å². The van der Waals surface area contributed by atoms with Gasteiger partial charge in [-0.05, 0) is 57.6 Å². The molecule has 1 fully saturated rings. The number of ketones is 1. The normalized spacial score (nSPS) is 17.6. The lowest BCUT2D eigenvalue weighted by Crippen LogP contribution is -2.35. The smallest absolute Gasteiger partial charge is 0.295 e. The predicted octanol–water partition coefficient (Wildman–Crippen LogP) is 4.03. The highest BCUT2D eigenvalue weighted by molar-refractivity contribution is 6.46. The monoisotopic (exact) mass is 466 g/mol. The number of likely N-dealkylation sites (N-methyl/N-ethyl adjacent to an activating group) is 1. The lowest BCUT2D eigenvalue weighted by molar-refractivity contribution is -0.140. The van der Waals surface area contributed by atoms with E-state index in [9.17, 15) is 14.7 Å². The van der Waals surface area contributed by atoms with E-state index in [1.54, 1.807) is 31.4 Å². The van der Waals surface area contributed by atoms with Crippen molar-refractivity contribution in [3.05, 3.63) is 64.7 Å². The number of hydrogen-bond acceptors (Lipinski definition) is 6. The molecule has 3 rings (SSSR count). The lowest BCUT2D eigenvalue weighted by Gasteiger charge is -2.27. The van der Waals surface area contributed by atoms with Gasteiger partial charge in [0.1, 0.15) is 5.76 Å². The molecular formula is C27H34N2O5. The van der Waals surface area contributed by atoms with Crippen LogP contribution >= 0.6 is 0 Å². The summed E-state index contributed by atoms with van der Waals surface area (Å²) in [7, 11) is 5.36. The van der Waals surface area contributed by atoms with E-state index >= 15 is 0 Å². The first-order valence-electron chi connectivity index (χ1n) is 11.5. The summed E-state index contributed by atoms with van der Waals surface area (Å²) < 4.78 is 11.4. The van der Waals surface area contributed by atoms with Crippen LogP contribution in [0.1, 0.15) is 43.5 Å². The molecule has 0 radical (unpaired) electrons. The Morgan fingerprint density at radius 1 is 1.09 bits per heavy atom. The van der Waals surface area contributed by atoms with E-state index in [2.05, 4.69) is 0 Å². The minimum atomic E-state index is -0.743. The van der Waals surface area contributed by atoms with E-state index < -0.39 is 17.7 Å². The van der Waals surface area contributed by atoms with Gasteiger partial charge in [0.25, 0.3) is 11.7 Å². The summed E-state index contributed by atoms with van der Waals surface area (Å²) in [6.07, 6.45) is 0.817. The molecular weight excluding hydrogens is 432 g/mol. The van der Waals surface area contributed by atoms with Crippen molar-refractivity contribution in [3.63, 3.8) is 0 Å². The van der Waals surface area contributed by atoms with Crippen LogP contribution in [-0.2, 0) is 16.0 Å². The number of carbonyl (C=O) groups excluding carboxylic acids is 2. The Balaban J connectivity index is 2.15. The van der Waals surface area contributed by atoms with Crippen molar-refractivity contribution in [2.24, 2.45) is 0 Å². The van der Waals surface area contributed by atoms with E-state index in [-0.39, 0.29) is 17.4 Å². The number of aliphatic hydroxyl groups excluding tert-OH is 1. The maximum absolute atomic E-state index is 13.2. The zero-order valence-electron chi connectivity index (χ0n) is 20.8. The van der Waals surface area contributed by atoms with E-state index in [4.69, 9.17) is 9.47 Å². The standard InChI is InChI=1S/C27H34N2O5/c1-7-18-8-10-19(11-9-18)25(30)23-24(29(15-14-28(4)5)27(32)26(23)31)20-12-13-21(34-17(2)3)22(16-20)33-6/h8-13,16-17,24,30H,7,14-15H2,1-6H3/b25-23-. The molecule has 1 aliphatic heterocycles. The van der Waals surface area contributed by atoms with Gasteiger partial charge in [-0.3, -0.25) is 9.59 Å². The van der Waals surface area contributed by atoms with Crippen LogP contribution in [0.3, 0.4) is 0 Å². The van der Waals surface area contributed by atoms with Gasteiger partial charge in [-0.25, -0.2) is 0 Å². The second-order valence-electron chi connectivity index (χ2n) is 8.92. The number of nitrogens with zero attached hydrogens (tertiary/aromatic N) is 2. The second-order valence-corrected chi connectivity index (χ2v) is 8.92. The SMILES string of the molecule is CCc1ccc(/C(O)=C2/C(=O)C(=O)N(CCN(C)C)C2c2ccc(OC(C)C)c(OC)c2)cc1. The molecule has 1 N–H and O–H groups in total. The molecule has 0 saturated carbocycles.